The zero-order chi connectivity index (χ0) is 22.0. The minimum Gasteiger partial charge on any atom is -0.464 e. The van der Waals surface area contributed by atoms with Crippen LogP contribution in [-0.4, -0.2) is 57.2 Å². The van der Waals surface area contributed by atoms with Crippen LogP contribution >= 0.6 is 0 Å². The second kappa shape index (κ2) is 8.40. The number of carbonyl (C=O) groups excluding carboxylic acids is 2. The summed E-state index contributed by atoms with van der Waals surface area (Å²) in [7, 11) is 3.09. The monoisotopic (exact) mass is 415 g/mol. The SMILES string of the molecule is COC(=O)c1cc(-n2cc(C)cn2)nc(-c2cccc(C#CC3CCN(C)C3=O)c2)n1. The fourth-order valence-corrected chi connectivity index (χ4v) is 3.29. The normalized spacial score (nSPS) is 15.5. The summed E-state index contributed by atoms with van der Waals surface area (Å²) < 4.78 is 6.43. The molecule has 0 radical (unpaired) electrons. The van der Waals surface area contributed by atoms with Gasteiger partial charge >= 0.3 is 5.97 Å². The number of aromatic nitrogens is 4. The molecular formula is C23H21N5O3. The number of ether oxygens (including phenoxy) is 1. The highest BCUT2D eigenvalue weighted by molar-refractivity contribution is 5.88. The highest BCUT2D eigenvalue weighted by Crippen LogP contribution is 2.20. The lowest BCUT2D eigenvalue weighted by Gasteiger charge is -2.08. The van der Waals surface area contributed by atoms with Crippen molar-refractivity contribution in [2.45, 2.75) is 13.3 Å². The summed E-state index contributed by atoms with van der Waals surface area (Å²) in [5, 5.41) is 4.27. The summed E-state index contributed by atoms with van der Waals surface area (Å²) in [6.07, 6.45) is 4.25. The quantitative estimate of drug-likeness (QED) is 0.481. The lowest BCUT2D eigenvalue weighted by Crippen LogP contribution is -2.21. The molecule has 31 heavy (non-hydrogen) atoms. The third-order valence-corrected chi connectivity index (χ3v) is 4.99. The molecule has 1 aliphatic rings. The largest absolute Gasteiger partial charge is 0.464 e. The van der Waals surface area contributed by atoms with Gasteiger partial charge in [-0.15, -0.1) is 0 Å². The number of hydrogen-bond acceptors (Lipinski definition) is 6. The first-order chi connectivity index (χ1) is 14.9. The zero-order valence-electron chi connectivity index (χ0n) is 17.5. The Balaban J connectivity index is 1.71. The van der Waals surface area contributed by atoms with Crippen LogP contribution in [0.2, 0.25) is 0 Å². The Morgan fingerprint density at radius 3 is 2.77 bits per heavy atom. The summed E-state index contributed by atoms with van der Waals surface area (Å²) in [5.74, 6) is 6.17. The molecule has 0 saturated carbocycles. The van der Waals surface area contributed by atoms with Crippen LogP contribution in [0.4, 0.5) is 0 Å². The second-order valence-electron chi connectivity index (χ2n) is 7.34. The van der Waals surface area contributed by atoms with E-state index in [4.69, 9.17) is 4.74 Å². The van der Waals surface area contributed by atoms with E-state index in [-0.39, 0.29) is 17.5 Å². The summed E-state index contributed by atoms with van der Waals surface area (Å²) in [4.78, 5) is 34.9. The van der Waals surface area contributed by atoms with E-state index in [1.807, 2.05) is 37.4 Å². The van der Waals surface area contributed by atoms with Gasteiger partial charge in [-0.2, -0.15) is 5.10 Å². The molecule has 1 unspecified atom stereocenters. The maximum absolute atomic E-state index is 12.2. The minimum absolute atomic E-state index is 0.0527. The maximum Gasteiger partial charge on any atom is 0.356 e. The van der Waals surface area contributed by atoms with Crippen molar-refractivity contribution in [3.05, 3.63) is 59.5 Å². The van der Waals surface area contributed by atoms with Gasteiger partial charge in [0.05, 0.1) is 13.3 Å². The molecule has 1 saturated heterocycles. The average molecular weight is 415 g/mol. The number of nitrogens with zero attached hydrogens (tertiary/aromatic N) is 5. The number of carbonyl (C=O) groups is 2. The lowest BCUT2D eigenvalue weighted by atomic mass is 10.1. The van der Waals surface area contributed by atoms with Gasteiger partial charge in [0.15, 0.2) is 17.3 Å². The van der Waals surface area contributed by atoms with Gasteiger partial charge in [-0.05, 0) is 31.0 Å². The molecule has 1 fully saturated rings. The smallest absolute Gasteiger partial charge is 0.356 e. The van der Waals surface area contributed by atoms with E-state index in [0.717, 1.165) is 24.1 Å². The first-order valence-electron chi connectivity index (χ1n) is 9.80. The fourth-order valence-electron chi connectivity index (χ4n) is 3.29. The van der Waals surface area contributed by atoms with Gasteiger partial charge in [0, 0.05) is 37.0 Å². The third kappa shape index (κ3) is 4.31. The molecule has 1 aromatic carbocycles. The summed E-state index contributed by atoms with van der Waals surface area (Å²) in [5.41, 5.74) is 2.52. The Morgan fingerprint density at radius 2 is 2.10 bits per heavy atom. The molecule has 2 aromatic heterocycles. The molecule has 0 aliphatic carbocycles. The highest BCUT2D eigenvalue weighted by Gasteiger charge is 2.27. The minimum atomic E-state index is -0.561. The van der Waals surface area contributed by atoms with Gasteiger partial charge in [0.2, 0.25) is 5.91 Å². The van der Waals surface area contributed by atoms with Gasteiger partial charge in [-0.3, -0.25) is 4.79 Å². The van der Waals surface area contributed by atoms with Crippen molar-refractivity contribution in [2.24, 2.45) is 5.92 Å². The summed E-state index contributed by atoms with van der Waals surface area (Å²) in [6, 6.07) is 8.92. The van der Waals surface area contributed by atoms with Crippen LogP contribution < -0.4 is 0 Å². The van der Waals surface area contributed by atoms with Gasteiger partial charge in [-0.1, -0.05) is 24.0 Å². The second-order valence-corrected chi connectivity index (χ2v) is 7.34. The van der Waals surface area contributed by atoms with E-state index in [1.54, 1.807) is 22.8 Å². The van der Waals surface area contributed by atoms with Crippen LogP contribution in [-0.2, 0) is 9.53 Å². The van der Waals surface area contributed by atoms with Crippen molar-refractivity contribution >= 4 is 11.9 Å². The number of esters is 1. The van der Waals surface area contributed by atoms with Crippen molar-refractivity contribution < 1.29 is 14.3 Å². The van der Waals surface area contributed by atoms with E-state index >= 15 is 0 Å². The average Bonchev–Trinajstić information content (AvgIpc) is 3.37. The molecule has 0 N–H and O–H groups in total. The lowest BCUT2D eigenvalue weighted by molar-refractivity contribution is -0.128. The summed E-state index contributed by atoms with van der Waals surface area (Å²) in [6.45, 7) is 2.64. The number of methoxy groups -OCH3 is 1. The van der Waals surface area contributed by atoms with Crippen molar-refractivity contribution in [1.29, 1.82) is 0 Å². The summed E-state index contributed by atoms with van der Waals surface area (Å²) >= 11 is 0. The van der Waals surface area contributed by atoms with Crippen LogP contribution in [0, 0.1) is 24.7 Å². The van der Waals surface area contributed by atoms with Crippen LogP contribution in [0.25, 0.3) is 17.2 Å². The van der Waals surface area contributed by atoms with Crippen LogP contribution in [0.3, 0.4) is 0 Å². The van der Waals surface area contributed by atoms with Gasteiger partial charge < -0.3 is 9.64 Å². The van der Waals surface area contributed by atoms with Gasteiger partial charge in [-0.25, -0.2) is 19.4 Å². The molecule has 1 amide bonds. The molecule has 1 aliphatic heterocycles. The molecule has 8 heteroatoms. The Morgan fingerprint density at radius 1 is 1.26 bits per heavy atom. The number of benzene rings is 1. The van der Waals surface area contributed by atoms with Crippen molar-refractivity contribution in [2.75, 3.05) is 20.7 Å². The Labute approximate surface area is 179 Å². The molecule has 0 bridgehead atoms. The zero-order valence-corrected chi connectivity index (χ0v) is 17.5. The molecule has 8 nitrogen and oxygen atoms in total. The van der Waals surface area contributed by atoms with Crippen molar-refractivity contribution in [3.8, 4) is 29.0 Å². The Hall–Kier alpha value is -3.99. The fraction of sp³-hybridized carbons (Fsp3) is 0.261. The molecule has 156 valence electrons. The number of hydrogen-bond donors (Lipinski definition) is 0. The molecule has 0 spiro atoms. The predicted octanol–water partition coefficient (Wildman–Crippen LogP) is 2.25. The van der Waals surface area contributed by atoms with Crippen molar-refractivity contribution in [3.63, 3.8) is 0 Å². The molecule has 3 heterocycles. The first kappa shape index (κ1) is 20.3. The molecule has 4 rings (SSSR count). The number of rotatable bonds is 3. The Kier molecular flexibility index (Phi) is 5.50. The topological polar surface area (TPSA) is 90.2 Å². The number of likely N-dealkylation sites (tertiary alicyclic amines) is 1. The van der Waals surface area contributed by atoms with Crippen LogP contribution in [0.1, 0.15) is 28.0 Å². The predicted molar refractivity (Wildman–Crippen MR) is 113 cm³/mol. The van der Waals surface area contributed by atoms with Gasteiger partial charge in [0.1, 0.15) is 5.92 Å². The van der Waals surface area contributed by atoms with Crippen LogP contribution in [0.15, 0.2) is 42.7 Å². The van der Waals surface area contributed by atoms with Crippen molar-refractivity contribution in [1.82, 2.24) is 24.6 Å². The van der Waals surface area contributed by atoms with E-state index in [9.17, 15) is 9.59 Å². The molecular weight excluding hydrogens is 394 g/mol. The number of aryl methyl sites for hydroxylation is 1. The number of amides is 1. The first-order valence-corrected chi connectivity index (χ1v) is 9.80. The molecule has 3 aromatic rings. The maximum atomic E-state index is 12.2. The Bertz CT molecular complexity index is 1220. The van der Waals surface area contributed by atoms with E-state index in [1.165, 1.54) is 13.2 Å². The molecule has 1 atom stereocenters. The standard InChI is InChI=1S/C23H21N5O3/c1-15-13-24-28(14-15)20-12-19(23(30)31-3)25-21(26-20)18-6-4-5-16(11-18)7-8-17-9-10-27(2)22(17)29/h4-6,11-14,17H,9-10H2,1-3H3. The van der Waals surface area contributed by atoms with Gasteiger partial charge in [0.25, 0.3) is 0 Å². The highest BCUT2D eigenvalue weighted by atomic mass is 16.5. The van der Waals surface area contributed by atoms with E-state index < -0.39 is 5.97 Å². The third-order valence-electron chi connectivity index (χ3n) is 4.99. The van der Waals surface area contributed by atoms with Crippen LogP contribution in [0.5, 0.6) is 0 Å². The van der Waals surface area contributed by atoms with E-state index in [0.29, 0.717) is 17.2 Å². The van der Waals surface area contributed by atoms with E-state index in [2.05, 4.69) is 26.9 Å².